The van der Waals surface area contributed by atoms with Crippen molar-refractivity contribution in [2.75, 3.05) is 32.9 Å². The second kappa shape index (κ2) is 10.3. The van der Waals surface area contributed by atoms with Gasteiger partial charge in [-0.15, -0.1) is 0 Å². The molecule has 1 aliphatic heterocycles. The summed E-state index contributed by atoms with van der Waals surface area (Å²) >= 11 is 0. The molecule has 0 saturated carbocycles. The number of hydrogen-bond donors (Lipinski definition) is 1. The van der Waals surface area contributed by atoms with Crippen LogP contribution in [0.5, 0.6) is 23.0 Å². The number of ether oxygens (including phenoxy) is 4. The summed E-state index contributed by atoms with van der Waals surface area (Å²) in [5, 5.41) is 2.53. The highest BCUT2D eigenvalue weighted by atomic mass is 19.1. The van der Waals surface area contributed by atoms with Crippen LogP contribution >= 0.6 is 0 Å². The van der Waals surface area contributed by atoms with Gasteiger partial charge in [-0.05, 0) is 53.9 Å². The van der Waals surface area contributed by atoms with Gasteiger partial charge in [0.1, 0.15) is 11.6 Å². The molecule has 4 rings (SSSR count). The Labute approximate surface area is 195 Å². The van der Waals surface area contributed by atoms with E-state index in [1.54, 1.807) is 32.4 Å². The lowest BCUT2D eigenvalue weighted by molar-refractivity contribution is 0.174. The van der Waals surface area contributed by atoms with Gasteiger partial charge in [0.25, 0.3) is 0 Å². The van der Waals surface area contributed by atoms with Crippen molar-refractivity contribution in [3.05, 3.63) is 77.4 Å². The Bertz CT molecular complexity index is 1190. The van der Waals surface area contributed by atoms with Crippen molar-refractivity contribution in [2.45, 2.75) is 13.0 Å². The van der Waals surface area contributed by atoms with E-state index < -0.39 is 17.7 Å². The second-order valence-corrected chi connectivity index (χ2v) is 7.60. The normalized spacial score (nSPS) is 11.8. The van der Waals surface area contributed by atoms with Crippen molar-refractivity contribution in [3.8, 4) is 23.0 Å². The molecule has 1 N–H and O–H groups in total. The summed E-state index contributed by atoms with van der Waals surface area (Å²) < 4.78 is 48.8. The van der Waals surface area contributed by atoms with Crippen LogP contribution in [-0.2, 0) is 13.0 Å². The van der Waals surface area contributed by atoms with Crippen LogP contribution < -0.4 is 24.3 Å². The van der Waals surface area contributed by atoms with Crippen LogP contribution in [0.1, 0.15) is 11.1 Å². The topological polar surface area (TPSA) is 69.3 Å². The van der Waals surface area contributed by atoms with Crippen LogP contribution in [0.25, 0.3) is 0 Å². The highest BCUT2D eigenvalue weighted by molar-refractivity contribution is 5.89. The van der Waals surface area contributed by atoms with Gasteiger partial charge in [0.15, 0.2) is 23.0 Å². The number of amides is 2. The van der Waals surface area contributed by atoms with E-state index in [0.29, 0.717) is 36.0 Å². The zero-order chi connectivity index (χ0) is 24.1. The third-order valence-electron chi connectivity index (χ3n) is 5.39. The maximum absolute atomic E-state index is 14.1. The zero-order valence-electron chi connectivity index (χ0n) is 18.8. The molecule has 0 atom stereocenters. The Hall–Kier alpha value is -4.01. The van der Waals surface area contributed by atoms with Crippen molar-refractivity contribution in [3.63, 3.8) is 0 Å². The molecule has 0 spiro atoms. The quantitative estimate of drug-likeness (QED) is 0.503. The fraction of sp³-hybridized carbons (Fsp3) is 0.240. The molecule has 1 aliphatic rings. The Morgan fingerprint density at radius 1 is 0.941 bits per heavy atom. The number of carbonyl (C=O) groups is 1. The molecule has 3 aromatic carbocycles. The minimum absolute atomic E-state index is 0.104. The molecule has 3 aromatic rings. The first-order valence-corrected chi connectivity index (χ1v) is 10.6. The van der Waals surface area contributed by atoms with Gasteiger partial charge in [-0.3, -0.25) is 0 Å². The van der Waals surface area contributed by atoms with E-state index in [9.17, 15) is 13.6 Å². The summed E-state index contributed by atoms with van der Waals surface area (Å²) in [4.78, 5) is 14.6. The number of benzene rings is 3. The van der Waals surface area contributed by atoms with Crippen LogP contribution in [0.3, 0.4) is 0 Å². The molecule has 0 bridgehead atoms. The first kappa shape index (κ1) is 23.2. The van der Waals surface area contributed by atoms with E-state index in [1.165, 1.54) is 11.0 Å². The lowest BCUT2D eigenvalue weighted by atomic mass is 10.1. The van der Waals surface area contributed by atoms with Gasteiger partial charge in [-0.2, -0.15) is 0 Å². The second-order valence-electron chi connectivity index (χ2n) is 7.60. The number of urea groups is 1. The highest BCUT2D eigenvalue weighted by Gasteiger charge is 2.19. The molecular weight excluding hydrogens is 446 g/mol. The average Bonchev–Trinajstić information content (AvgIpc) is 3.31. The molecule has 1 heterocycles. The number of anilines is 1. The summed E-state index contributed by atoms with van der Waals surface area (Å²) in [5.74, 6) is 0.853. The fourth-order valence-corrected chi connectivity index (χ4v) is 3.60. The van der Waals surface area contributed by atoms with Gasteiger partial charge in [0, 0.05) is 19.2 Å². The summed E-state index contributed by atoms with van der Waals surface area (Å²) in [6.45, 7) is 0.698. The maximum atomic E-state index is 14.1. The monoisotopic (exact) mass is 470 g/mol. The maximum Gasteiger partial charge on any atom is 0.322 e. The number of fused-ring (bicyclic) bond motifs is 1. The van der Waals surface area contributed by atoms with E-state index in [-0.39, 0.29) is 19.0 Å². The van der Waals surface area contributed by atoms with E-state index in [2.05, 4.69) is 5.32 Å². The molecule has 178 valence electrons. The summed E-state index contributed by atoms with van der Waals surface area (Å²) in [6, 6.07) is 13.4. The Morgan fingerprint density at radius 2 is 1.71 bits per heavy atom. The number of rotatable bonds is 8. The SMILES string of the molecule is COc1ccc(CCN(Cc2ccc3c(c2)OCO3)C(=O)Nc2ccc(F)cc2F)cc1OC. The average molecular weight is 470 g/mol. The highest BCUT2D eigenvalue weighted by Crippen LogP contribution is 2.33. The minimum atomic E-state index is -0.851. The Balaban J connectivity index is 1.53. The largest absolute Gasteiger partial charge is 0.493 e. The molecule has 0 unspecified atom stereocenters. The predicted molar refractivity (Wildman–Crippen MR) is 122 cm³/mol. The van der Waals surface area contributed by atoms with Crippen molar-refractivity contribution in [1.29, 1.82) is 0 Å². The van der Waals surface area contributed by atoms with Crippen LogP contribution in [-0.4, -0.2) is 38.5 Å². The molecule has 0 fully saturated rings. The molecule has 9 heteroatoms. The number of nitrogens with zero attached hydrogens (tertiary/aromatic N) is 1. The molecule has 0 aliphatic carbocycles. The number of halogens is 2. The summed E-state index contributed by atoms with van der Waals surface area (Å²) in [7, 11) is 3.11. The Kier molecular flexibility index (Phi) is 7.01. The summed E-state index contributed by atoms with van der Waals surface area (Å²) in [5.41, 5.74) is 1.63. The van der Waals surface area contributed by atoms with E-state index in [0.717, 1.165) is 23.3 Å². The molecule has 0 aromatic heterocycles. The standard InChI is InChI=1S/C25H24F2N2O5/c1-31-21-7-3-16(11-23(21)32-2)9-10-29(14-17-4-8-22-24(12-17)34-15-33-22)25(30)28-20-6-5-18(26)13-19(20)27/h3-8,11-13H,9-10,14-15H2,1-2H3,(H,28,30). The molecule has 34 heavy (non-hydrogen) atoms. The number of carbonyl (C=O) groups excluding carboxylic acids is 1. The van der Waals surface area contributed by atoms with Gasteiger partial charge in [0.05, 0.1) is 19.9 Å². The van der Waals surface area contributed by atoms with Crippen molar-refractivity contribution >= 4 is 11.7 Å². The Morgan fingerprint density at radius 3 is 2.47 bits per heavy atom. The lowest BCUT2D eigenvalue weighted by Gasteiger charge is -2.24. The van der Waals surface area contributed by atoms with Crippen LogP contribution in [0.2, 0.25) is 0 Å². The smallest absolute Gasteiger partial charge is 0.322 e. The van der Waals surface area contributed by atoms with Gasteiger partial charge in [-0.25, -0.2) is 13.6 Å². The van der Waals surface area contributed by atoms with E-state index >= 15 is 0 Å². The molecule has 7 nitrogen and oxygen atoms in total. The van der Waals surface area contributed by atoms with Crippen LogP contribution in [0.15, 0.2) is 54.6 Å². The minimum Gasteiger partial charge on any atom is -0.493 e. The summed E-state index contributed by atoms with van der Waals surface area (Å²) in [6.07, 6.45) is 0.504. The molecule has 0 saturated heterocycles. The van der Waals surface area contributed by atoms with Crippen LogP contribution in [0.4, 0.5) is 19.3 Å². The third-order valence-corrected chi connectivity index (χ3v) is 5.39. The van der Waals surface area contributed by atoms with Crippen molar-refractivity contribution in [2.24, 2.45) is 0 Å². The lowest BCUT2D eigenvalue weighted by Crippen LogP contribution is -2.36. The van der Waals surface area contributed by atoms with Gasteiger partial charge >= 0.3 is 6.03 Å². The van der Waals surface area contributed by atoms with E-state index in [4.69, 9.17) is 18.9 Å². The van der Waals surface area contributed by atoms with Gasteiger partial charge in [0.2, 0.25) is 6.79 Å². The number of nitrogens with one attached hydrogen (secondary N) is 1. The van der Waals surface area contributed by atoms with Gasteiger partial charge < -0.3 is 29.2 Å². The van der Waals surface area contributed by atoms with Crippen LogP contribution in [0, 0.1) is 11.6 Å². The fourth-order valence-electron chi connectivity index (χ4n) is 3.60. The third kappa shape index (κ3) is 5.31. The predicted octanol–water partition coefficient (Wildman–Crippen LogP) is 4.99. The molecule has 0 radical (unpaired) electrons. The molecule has 2 amide bonds. The first-order chi connectivity index (χ1) is 16.5. The van der Waals surface area contributed by atoms with E-state index in [1.807, 2.05) is 18.2 Å². The van der Waals surface area contributed by atoms with Gasteiger partial charge in [-0.1, -0.05) is 12.1 Å². The molecular formula is C25H24F2N2O5. The first-order valence-electron chi connectivity index (χ1n) is 10.6. The zero-order valence-corrected chi connectivity index (χ0v) is 18.8. The van der Waals surface area contributed by atoms with Crippen molar-refractivity contribution in [1.82, 2.24) is 4.90 Å². The van der Waals surface area contributed by atoms with Crippen molar-refractivity contribution < 1.29 is 32.5 Å². The number of hydrogen-bond acceptors (Lipinski definition) is 5. The number of methoxy groups -OCH3 is 2.